The van der Waals surface area contributed by atoms with Crippen molar-refractivity contribution in [3.63, 3.8) is 0 Å². The SMILES string of the molecule is Cc1ccncc1NC(=O)/C=C/c1cc(Cl)c2c(c1)OCO2. The molecule has 0 atom stereocenters. The van der Waals surface area contributed by atoms with Gasteiger partial charge in [0.25, 0.3) is 0 Å². The minimum absolute atomic E-state index is 0.156. The van der Waals surface area contributed by atoms with Crippen LogP contribution in [-0.4, -0.2) is 17.7 Å². The van der Waals surface area contributed by atoms with Crippen molar-refractivity contribution in [3.05, 3.63) is 52.8 Å². The molecule has 1 N–H and O–H groups in total. The second kappa shape index (κ2) is 6.07. The molecule has 1 aliphatic rings. The van der Waals surface area contributed by atoms with E-state index in [4.69, 9.17) is 21.1 Å². The molecule has 0 fully saturated rings. The quantitative estimate of drug-likeness (QED) is 0.881. The summed E-state index contributed by atoms with van der Waals surface area (Å²) in [4.78, 5) is 15.9. The van der Waals surface area contributed by atoms with Crippen molar-refractivity contribution in [2.24, 2.45) is 0 Å². The number of nitrogens with one attached hydrogen (secondary N) is 1. The number of carbonyl (C=O) groups excluding carboxylic acids is 1. The predicted octanol–water partition coefficient (Wildman–Crippen LogP) is 3.42. The van der Waals surface area contributed by atoms with Crippen molar-refractivity contribution in [1.29, 1.82) is 0 Å². The van der Waals surface area contributed by atoms with E-state index in [0.29, 0.717) is 22.2 Å². The number of pyridine rings is 1. The lowest BCUT2D eigenvalue weighted by Gasteiger charge is -2.05. The normalized spacial score (nSPS) is 12.6. The standard InChI is InChI=1S/C16H13ClN2O3/c1-10-4-5-18-8-13(10)19-15(20)3-2-11-6-12(17)16-14(7-11)21-9-22-16/h2-8H,9H2,1H3,(H,19,20)/b3-2+. The number of carbonyl (C=O) groups is 1. The molecular weight excluding hydrogens is 304 g/mol. The molecule has 0 saturated heterocycles. The Hall–Kier alpha value is -2.53. The maximum absolute atomic E-state index is 11.9. The maximum atomic E-state index is 11.9. The van der Waals surface area contributed by atoms with Crippen LogP contribution in [0.1, 0.15) is 11.1 Å². The second-order valence-electron chi connectivity index (χ2n) is 4.75. The van der Waals surface area contributed by atoms with Gasteiger partial charge in [0.2, 0.25) is 12.7 Å². The fourth-order valence-electron chi connectivity index (χ4n) is 2.02. The largest absolute Gasteiger partial charge is 0.454 e. The number of hydrogen-bond acceptors (Lipinski definition) is 4. The molecule has 1 aromatic carbocycles. The van der Waals surface area contributed by atoms with Crippen molar-refractivity contribution in [1.82, 2.24) is 4.98 Å². The van der Waals surface area contributed by atoms with E-state index in [1.54, 1.807) is 30.6 Å². The van der Waals surface area contributed by atoms with Crippen LogP contribution in [0.15, 0.2) is 36.7 Å². The van der Waals surface area contributed by atoms with Crippen LogP contribution in [0.4, 0.5) is 5.69 Å². The molecule has 1 aromatic heterocycles. The Morgan fingerprint density at radius 3 is 3.09 bits per heavy atom. The van der Waals surface area contributed by atoms with Gasteiger partial charge in [-0.05, 0) is 42.3 Å². The van der Waals surface area contributed by atoms with Crippen LogP contribution in [0.3, 0.4) is 0 Å². The number of nitrogens with zero attached hydrogens (tertiary/aromatic N) is 1. The number of hydrogen-bond donors (Lipinski definition) is 1. The average molecular weight is 317 g/mol. The summed E-state index contributed by atoms with van der Waals surface area (Å²) in [5.74, 6) is 0.870. The van der Waals surface area contributed by atoms with E-state index < -0.39 is 0 Å². The molecule has 2 aromatic rings. The van der Waals surface area contributed by atoms with Crippen molar-refractivity contribution >= 4 is 29.3 Å². The van der Waals surface area contributed by atoms with E-state index in [2.05, 4.69) is 10.3 Å². The van der Waals surface area contributed by atoms with Crippen LogP contribution in [0.25, 0.3) is 6.08 Å². The number of rotatable bonds is 3. The molecular formula is C16H13ClN2O3. The number of fused-ring (bicyclic) bond motifs is 1. The minimum Gasteiger partial charge on any atom is -0.454 e. The summed E-state index contributed by atoms with van der Waals surface area (Å²) in [6, 6.07) is 5.32. The van der Waals surface area contributed by atoms with Crippen LogP contribution in [0, 0.1) is 6.92 Å². The van der Waals surface area contributed by atoms with Gasteiger partial charge in [0.1, 0.15) is 0 Å². The van der Waals surface area contributed by atoms with Gasteiger partial charge in [-0.25, -0.2) is 0 Å². The molecule has 5 nitrogen and oxygen atoms in total. The number of amides is 1. The average Bonchev–Trinajstić information content (AvgIpc) is 2.97. The highest BCUT2D eigenvalue weighted by Gasteiger charge is 2.17. The molecule has 1 aliphatic heterocycles. The molecule has 22 heavy (non-hydrogen) atoms. The summed E-state index contributed by atoms with van der Waals surface area (Å²) >= 11 is 6.09. The lowest BCUT2D eigenvalue weighted by molar-refractivity contribution is -0.111. The summed E-state index contributed by atoms with van der Waals surface area (Å²) in [5, 5.41) is 3.23. The van der Waals surface area contributed by atoms with Gasteiger partial charge in [-0.2, -0.15) is 0 Å². The first kappa shape index (κ1) is 14.4. The van der Waals surface area contributed by atoms with Crippen LogP contribution in [0.2, 0.25) is 5.02 Å². The van der Waals surface area contributed by atoms with Gasteiger partial charge in [-0.15, -0.1) is 0 Å². The first-order chi connectivity index (χ1) is 10.6. The fraction of sp³-hybridized carbons (Fsp3) is 0.125. The Morgan fingerprint density at radius 1 is 1.41 bits per heavy atom. The van der Waals surface area contributed by atoms with E-state index in [1.165, 1.54) is 6.08 Å². The van der Waals surface area contributed by atoms with E-state index >= 15 is 0 Å². The van der Waals surface area contributed by atoms with Crippen LogP contribution in [-0.2, 0) is 4.79 Å². The molecule has 112 valence electrons. The molecule has 0 bridgehead atoms. The lowest BCUT2D eigenvalue weighted by atomic mass is 10.2. The van der Waals surface area contributed by atoms with E-state index in [9.17, 15) is 4.79 Å². The third-order valence-corrected chi connectivity index (χ3v) is 3.45. The van der Waals surface area contributed by atoms with Gasteiger partial charge >= 0.3 is 0 Å². The van der Waals surface area contributed by atoms with Crippen LogP contribution >= 0.6 is 11.6 Å². The number of halogens is 1. The summed E-state index contributed by atoms with van der Waals surface area (Å²) in [6.45, 7) is 2.06. The van der Waals surface area contributed by atoms with Gasteiger partial charge in [-0.1, -0.05) is 11.6 Å². The van der Waals surface area contributed by atoms with Gasteiger partial charge in [0, 0.05) is 12.3 Å². The highest BCUT2D eigenvalue weighted by Crippen LogP contribution is 2.40. The minimum atomic E-state index is -0.245. The predicted molar refractivity (Wildman–Crippen MR) is 84.2 cm³/mol. The van der Waals surface area contributed by atoms with Crippen molar-refractivity contribution in [2.75, 3.05) is 12.1 Å². The highest BCUT2D eigenvalue weighted by molar-refractivity contribution is 6.32. The summed E-state index contributed by atoms with van der Waals surface area (Å²) in [7, 11) is 0. The monoisotopic (exact) mass is 316 g/mol. The molecule has 0 spiro atoms. The smallest absolute Gasteiger partial charge is 0.248 e. The van der Waals surface area contributed by atoms with Crippen LogP contribution in [0.5, 0.6) is 11.5 Å². The van der Waals surface area contributed by atoms with Gasteiger partial charge < -0.3 is 14.8 Å². The first-order valence-corrected chi connectivity index (χ1v) is 7.00. The van der Waals surface area contributed by atoms with Crippen molar-refractivity contribution in [3.8, 4) is 11.5 Å². The molecule has 2 heterocycles. The molecule has 3 rings (SSSR count). The Morgan fingerprint density at radius 2 is 2.27 bits per heavy atom. The molecule has 0 aliphatic carbocycles. The van der Waals surface area contributed by atoms with Crippen molar-refractivity contribution < 1.29 is 14.3 Å². The first-order valence-electron chi connectivity index (χ1n) is 6.62. The second-order valence-corrected chi connectivity index (χ2v) is 5.16. The third-order valence-electron chi connectivity index (χ3n) is 3.17. The number of anilines is 1. The van der Waals surface area contributed by atoms with Gasteiger partial charge in [0.15, 0.2) is 11.5 Å². The topological polar surface area (TPSA) is 60.5 Å². The summed E-state index contributed by atoms with van der Waals surface area (Å²) < 4.78 is 10.5. The molecule has 1 amide bonds. The lowest BCUT2D eigenvalue weighted by Crippen LogP contribution is -2.09. The third kappa shape index (κ3) is 3.04. The number of ether oxygens (including phenoxy) is 2. The Balaban J connectivity index is 1.73. The number of aryl methyl sites for hydroxylation is 1. The summed E-state index contributed by atoms with van der Waals surface area (Å²) in [6.07, 6.45) is 6.38. The van der Waals surface area contributed by atoms with Crippen LogP contribution < -0.4 is 14.8 Å². The highest BCUT2D eigenvalue weighted by atomic mass is 35.5. The zero-order valence-electron chi connectivity index (χ0n) is 11.8. The van der Waals surface area contributed by atoms with E-state index in [-0.39, 0.29) is 12.7 Å². The zero-order chi connectivity index (χ0) is 15.5. The van der Waals surface area contributed by atoms with Crippen molar-refractivity contribution in [2.45, 2.75) is 6.92 Å². The Kier molecular flexibility index (Phi) is 3.98. The summed E-state index contributed by atoms with van der Waals surface area (Å²) in [5.41, 5.74) is 2.39. The molecule has 0 unspecified atom stereocenters. The molecule has 6 heteroatoms. The van der Waals surface area contributed by atoms with Gasteiger partial charge in [0.05, 0.1) is 16.9 Å². The Labute approximate surface area is 132 Å². The number of benzene rings is 1. The number of aromatic nitrogens is 1. The van der Waals surface area contributed by atoms with Gasteiger partial charge in [-0.3, -0.25) is 9.78 Å². The molecule has 0 saturated carbocycles. The zero-order valence-corrected chi connectivity index (χ0v) is 12.6. The fourth-order valence-corrected chi connectivity index (χ4v) is 2.30. The maximum Gasteiger partial charge on any atom is 0.248 e. The molecule has 0 radical (unpaired) electrons. The van der Waals surface area contributed by atoms with E-state index in [0.717, 1.165) is 11.1 Å². The Bertz CT molecular complexity index is 759. The van der Waals surface area contributed by atoms with E-state index in [1.807, 2.05) is 13.0 Å².